The van der Waals surface area contributed by atoms with E-state index in [1.807, 2.05) is 23.1 Å². The number of likely N-dealkylation sites (tertiary alicyclic amines) is 1. The lowest BCUT2D eigenvalue weighted by Gasteiger charge is -2.51. The highest BCUT2D eigenvalue weighted by Crippen LogP contribution is 2.46. The van der Waals surface area contributed by atoms with Crippen LogP contribution in [0.2, 0.25) is 0 Å². The summed E-state index contributed by atoms with van der Waals surface area (Å²) < 4.78 is 0. The molecule has 1 aromatic rings. The van der Waals surface area contributed by atoms with Crippen molar-refractivity contribution in [2.45, 2.75) is 24.8 Å². The van der Waals surface area contributed by atoms with Crippen molar-refractivity contribution in [1.82, 2.24) is 19.7 Å². The van der Waals surface area contributed by atoms with Gasteiger partial charge in [-0.05, 0) is 43.4 Å². The highest BCUT2D eigenvalue weighted by molar-refractivity contribution is 7.99. The number of hydrogen-bond donors (Lipinski definition) is 0. The van der Waals surface area contributed by atoms with Crippen LogP contribution in [0.1, 0.15) is 19.8 Å². The molecule has 28 heavy (non-hydrogen) atoms. The van der Waals surface area contributed by atoms with Gasteiger partial charge < -0.3 is 14.7 Å². The molecule has 2 amide bonds. The van der Waals surface area contributed by atoms with Crippen molar-refractivity contribution in [2.24, 2.45) is 17.8 Å². The van der Waals surface area contributed by atoms with Gasteiger partial charge in [0, 0.05) is 51.4 Å². The first-order valence-electron chi connectivity index (χ1n) is 10.5. The number of piperidine rings is 1. The number of piperazine rings is 1. The molecule has 0 spiro atoms. The summed E-state index contributed by atoms with van der Waals surface area (Å²) in [5.41, 5.74) is 0. The van der Waals surface area contributed by atoms with Crippen molar-refractivity contribution in [2.75, 3.05) is 51.6 Å². The molecule has 2 saturated heterocycles. The van der Waals surface area contributed by atoms with Crippen LogP contribution in [0.5, 0.6) is 0 Å². The molecule has 0 N–H and O–H groups in total. The summed E-state index contributed by atoms with van der Waals surface area (Å²) in [4.78, 5) is 36.4. The molecule has 3 aliphatic rings. The minimum Gasteiger partial charge on any atom is -0.342 e. The van der Waals surface area contributed by atoms with Crippen LogP contribution in [0.4, 0.5) is 0 Å². The monoisotopic (exact) mass is 402 g/mol. The van der Waals surface area contributed by atoms with E-state index in [-0.39, 0.29) is 11.8 Å². The fourth-order valence-corrected chi connectivity index (χ4v) is 5.54. The number of fused-ring (bicyclic) bond motifs is 1. The van der Waals surface area contributed by atoms with E-state index in [0.717, 1.165) is 63.7 Å². The number of carbonyl (C=O) groups excluding carboxylic acids is 2. The van der Waals surface area contributed by atoms with E-state index in [4.69, 9.17) is 0 Å². The molecule has 0 aromatic carbocycles. The number of likely N-dealkylation sites (N-methyl/N-ethyl adjacent to an activating group) is 1. The van der Waals surface area contributed by atoms with E-state index >= 15 is 0 Å². The summed E-state index contributed by atoms with van der Waals surface area (Å²) >= 11 is 1.49. The zero-order valence-corrected chi connectivity index (χ0v) is 17.4. The summed E-state index contributed by atoms with van der Waals surface area (Å²) in [5.74, 6) is 2.02. The first kappa shape index (κ1) is 19.7. The summed E-state index contributed by atoms with van der Waals surface area (Å²) in [5, 5.41) is 0.883. The van der Waals surface area contributed by atoms with Gasteiger partial charge in [-0.3, -0.25) is 9.59 Å². The lowest BCUT2D eigenvalue weighted by atomic mass is 9.61. The predicted molar refractivity (Wildman–Crippen MR) is 110 cm³/mol. The van der Waals surface area contributed by atoms with Crippen LogP contribution >= 0.6 is 11.8 Å². The Morgan fingerprint density at radius 3 is 2.68 bits per heavy atom. The molecule has 1 aliphatic carbocycles. The number of carbonyl (C=O) groups is 2. The maximum Gasteiger partial charge on any atom is 0.232 e. The Hall–Kier alpha value is -1.60. The summed E-state index contributed by atoms with van der Waals surface area (Å²) in [7, 11) is 0. The average molecular weight is 403 g/mol. The normalized spacial score (nSPS) is 27.8. The topological polar surface area (TPSA) is 56.8 Å². The Balaban J connectivity index is 1.28. The van der Waals surface area contributed by atoms with Crippen molar-refractivity contribution in [3.05, 3.63) is 24.4 Å². The van der Waals surface area contributed by atoms with Crippen LogP contribution in [0.3, 0.4) is 0 Å². The van der Waals surface area contributed by atoms with Crippen molar-refractivity contribution < 1.29 is 9.59 Å². The van der Waals surface area contributed by atoms with Crippen LogP contribution in [-0.2, 0) is 9.59 Å². The summed E-state index contributed by atoms with van der Waals surface area (Å²) in [6, 6.07) is 5.76. The van der Waals surface area contributed by atoms with Crippen LogP contribution in [0, 0.1) is 17.8 Å². The first-order chi connectivity index (χ1) is 13.7. The molecule has 152 valence electrons. The zero-order chi connectivity index (χ0) is 19.5. The van der Waals surface area contributed by atoms with Crippen molar-refractivity contribution in [3.8, 4) is 0 Å². The van der Waals surface area contributed by atoms with Gasteiger partial charge in [-0.2, -0.15) is 0 Å². The molecular weight excluding hydrogens is 372 g/mol. The van der Waals surface area contributed by atoms with Gasteiger partial charge in [-0.15, -0.1) is 0 Å². The molecule has 1 aromatic heterocycles. The fraction of sp³-hybridized carbons (Fsp3) is 0.667. The quantitative estimate of drug-likeness (QED) is 0.704. The van der Waals surface area contributed by atoms with E-state index in [2.05, 4.69) is 21.7 Å². The molecule has 1 saturated carbocycles. The van der Waals surface area contributed by atoms with E-state index < -0.39 is 0 Å². The van der Waals surface area contributed by atoms with Crippen molar-refractivity contribution in [3.63, 3.8) is 0 Å². The van der Waals surface area contributed by atoms with Gasteiger partial charge in [0.05, 0.1) is 10.8 Å². The second kappa shape index (κ2) is 8.82. The fourth-order valence-electron chi connectivity index (χ4n) is 4.77. The van der Waals surface area contributed by atoms with Gasteiger partial charge in [0.1, 0.15) is 0 Å². The highest BCUT2D eigenvalue weighted by Gasteiger charge is 2.49. The summed E-state index contributed by atoms with van der Waals surface area (Å²) in [6.45, 7) is 8.48. The average Bonchev–Trinajstić information content (AvgIpc) is 2.73. The van der Waals surface area contributed by atoms with Gasteiger partial charge in [0.2, 0.25) is 11.8 Å². The Labute approximate surface area is 171 Å². The van der Waals surface area contributed by atoms with Gasteiger partial charge in [0.15, 0.2) is 0 Å². The standard InChI is InChI=1S/C21H30N4O2S/c1-2-23-9-11-24(12-10-23)21(27)17-13-16-6-8-25(14-18(16)17)20(26)15-28-19-5-3-4-7-22-19/h3-5,7,16-18H,2,6,8-15H2,1H3/t16-,17-,18-/m1/s1. The molecule has 0 unspecified atom stereocenters. The molecule has 3 fully saturated rings. The van der Waals surface area contributed by atoms with Gasteiger partial charge in [0.25, 0.3) is 0 Å². The Kier molecular flexibility index (Phi) is 6.21. The van der Waals surface area contributed by atoms with Gasteiger partial charge in [-0.25, -0.2) is 4.98 Å². The number of pyridine rings is 1. The molecular formula is C21H30N4O2S. The van der Waals surface area contributed by atoms with Crippen LogP contribution in [0.25, 0.3) is 0 Å². The maximum atomic E-state index is 13.0. The van der Waals surface area contributed by atoms with Crippen molar-refractivity contribution in [1.29, 1.82) is 0 Å². The largest absolute Gasteiger partial charge is 0.342 e. The Morgan fingerprint density at radius 2 is 1.96 bits per heavy atom. The minimum absolute atomic E-state index is 0.122. The third-order valence-corrected chi connectivity index (χ3v) is 7.59. The lowest BCUT2D eigenvalue weighted by Crippen LogP contribution is -2.58. The molecule has 0 bridgehead atoms. The minimum atomic E-state index is 0.122. The molecule has 7 heteroatoms. The van der Waals surface area contributed by atoms with Crippen LogP contribution in [-0.4, -0.2) is 83.1 Å². The van der Waals surface area contributed by atoms with Crippen LogP contribution in [0.15, 0.2) is 29.4 Å². The lowest BCUT2D eigenvalue weighted by molar-refractivity contribution is -0.153. The van der Waals surface area contributed by atoms with Crippen LogP contribution < -0.4 is 0 Å². The van der Waals surface area contributed by atoms with E-state index in [9.17, 15) is 9.59 Å². The van der Waals surface area contributed by atoms with Crippen molar-refractivity contribution >= 4 is 23.6 Å². The Morgan fingerprint density at radius 1 is 1.14 bits per heavy atom. The molecule has 3 atom stereocenters. The number of aromatic nitrogens is 1. The number of nitrogens with zero attached hydrogens (tertiary/aromatic N) is 4. The number of rotatable bonds is 5. The number of amides is 2. The molecule has 3 heterocycles. The van der Waals surface area contributed by atoms with Gasteiger partial charge >= 0.3 is 0 Å². The highest BCUT2D eigenvalue weighted by atomic mass is 32.2. The SMILES string of the molecule is CCN1CCN(C(=O)[C@@H]2C[C@H]3CCN(C(=O)CSc4ccccn4)C[C@H]32)CC1. The number of hydrogen-bond acceptors (Lipinski definition) is 5. The second-order valence-corrected chi connectivity index (χ2v) is 9.11. The van der Waals surface area contributed by atoms with E-state index in [1.165, 1.54) is 11.8 Å². The van der Waals surface area contributed by atoms with E-state index in [1.54, 1.807) is 6.20 Å². The third-order valence-electron chi connectivity index (χ3n) is 6.66. The third kappa shape index (κ3) is 4.20. The maximum absolute atomic E-state index is 13.0. The molecule has 4 rings (SSSR count). The summed E-state index contributed by atoms with van der Waals surface area (Å²) in [6.07, 6.45) is 3.81. The zero-order valence-electron chi connectivity index (χ0n) is 16.6. The first-order valence-corrected chi connectivity index (χ1v) is 11.5. The molecule has 2 aliphatic heterocycles. The van der Waals surface area contributed by atoms with E-state index in [0.29, 0.717) is 23.5 Å². The number of thioether (sulfide) groups is 1. The Bertz CT molecular complexity index is 693. The smallest absolute Gasteiger partial charge is 0.232 e. The molecule has 0 radical (unpaired) electrons. The predicted octanol–water partition coefficient (Wildman–Crippen LogP) is 1.82. The molecule has 6 nitrogen and oxygen atoms in total. The van der Waals surface area contributed by atoms with Gasteiger partial charge in [-0.1, -0.05) is 24.8 Å². The second-order valence-electron chi connectivity index (χ2n) is 8.11.